The first-order chi connectivity index (χ1) is 80.9. The maximum Gasteiger partial charge on any atom is 0.143 e. The lowest BCUT2D eigenvalue weighted by molar-refractivity contribution is 0.672. The minimum Gasteiger partial charge on any atom is -0.455 e. The molecule has 3 heteroatoms. The van der Waals surface area contributed by atoms with Gasteiger partial charge in [-0.1, -0.05) is 442 Å². The molecule has 662 valence electrons. The number of fused-ring (bicyclic) bond motifs is 28. The molecule has 0 saturated heterocycles. The Kier molecular flexibility index (Phi) is 14.0. The Balaban J connectivity index is 0.000000114. The van der Waals surface area contributed by atoms with Gasteiger partial charge in [0.05, 0.1) is 32.9 Å². The van der Waals surface area contributed by atoms with Crippen LogP contribution >= 0.6 is 0 Å². The molecule has 31 aromatic rings. The van der Waals surface area contributed by atoms with E-state index in [-0.39, 0.29) is 137 Å². The van der Waals surface area contributed by atoms with Crippen molar-refractivity contribution in [2.75, 3.05) is 0 Å². The Labute approximate surface area is 856 Å². The van der Waals surface area contributed by atoms with Gasteiger partial charge >= 0.3 is 0 Å². The molecular weight excluding hydrogens is 1730 g/mol. The number of hydrogen-bond acceptors (Lipinski definition) is 3. The van der Waals surface area contributed by atoms with Crippen LogP contribution in [0.1, 0.15) is 32.9 Å². The zero-order valence-corrected chi connectivity index (χ0v) is 75.9. The van der Waals surface area contributed by atoms with E-state index in [0.29, 0.717) is 100 Å². The summed E-state index contributed by atoms with van der Waals surface area (Å²) in [6, 6.07) is 110. The van der Waals surface area contributed by atoms with Crippen molar-refractivity contribution in [2.24, 2.45) is 0 Å². The Hall–Kier alpha value is -18.8. The van der Waals surface area contributed by atoms with Crippen molar-refractivity contribution < 1.29 is 46.1 Å². The highest BCUT2D eigenvalue weighted by Crippen LogP contribution is 2.53. The highest BCUT2D eigenvalue weighted by Gasteiger charge is 2.26. The molecule has 0 N–H and O–H groups in total. The van der Waals surface area contributed by atoms with Crippen molar-refractivity contribution in [3.8, 4) is 89.0 Å². The van der Waals surface area contributed by atoms with Crippen LogP contribution in [-0.4, -0.2) is 0 Å². The van der Waals surface area contributed by atoms with Gasteiger partial charge in [-0.05, 0) is 290 Å². The molecule has 28 aromatic carbocycles. The SMILES string of the molecule is [2H]c1c([2H])c([2H])c2c(-c3ccc4oc5c6ccccc6ccc5c4c3)c3c([2H])c([2H])c([2H])c([2H])c3c(-c3ccc(-c4ccc5ccccc5c4)cc3)c2c1[2H].[2H]c1c([2H])c([2H])c2c(-c3ccc4oc5c6ccccc6ccc5c4c3)c3c([2H])c([2H])c([2H])c([2H])c3c(-c3cccc(-c4cccc5ccc6ccccc6c45)c3)c2c1[2H].[2H]c1c([2H])c([2H])c2c(-c3cccc4ccc5ccccc5c34)c3c([2H])c([2H])c([2H])c([2H])c3c(-c3ccc4oc5c6ccccc6ccc5c4c3)c2c1[2H]. The van der Waals surface area contributed by atoms with Crippen LogP contribution in [0.15, 0.2) is 522 Å². The predicted octanol–water partition coefficient (Wildman–Crippen LogP) is 40.2. The summed E-state index contributed by atoms with van der Waals surface area (Å²) in [5, 5.41) is 23.1. The fourth-order valence-electron chi connectivity index (χ4n) is 22.2. The number of hydrogen-bond donors (Lipinski definition) is 0. The third kappa shape index (κ3) is 13.2. The monoisotopic (exact) mass is 1840 g/mol. The fraction of sp³-hybridized carbons (Fsp3) is 0. The normalized spacial score (nSPS) is 14.3. The fourth-order valence-corrected chi connectivity index (χ4v) is 22.2. The average molecular weight is 1840 g/mol. The minimum absolute atomic E-state index is 0.169. The van der Waals surface area contributed by atoms with Crippen LogP contribution in [0.4, 0.5) is 0 Å². The molecule has 0 bridgehead atoms. The Morgan fingerprint density at radius 2 is 0.392 bits per heavy atom. The van der Waals surface area contributed by atoms with Gasteiger partial charge in [0.25, 0.3) is 0 Å². The molecule has 3 nitrogen and oxygen atoms in total. The molecule has 0 aliphatic carbocycles. The second-order valence-electron chi connectivity index (χ2n) is 36.3. The van der Waals surface area contributed by atoms with Crippen LogP contribution in [0.2, 0.25) is 0 Å². The molecule has 0 aliphatic rings. The smallest absolute Gasteiger partial charge is 0.143 e. The van der Waals surface area contributed by atoms with E-state index in [1.165, 1.54) is 0 Å². The van der Waals surface area contributed by atoms with E-state index in [2.05, 4.69) is 60.7 Å². The quantitative estimate of drug-likeness (QED) is 0.112. The van der Waals surface area contributed by atoms with E-state index in [4.69, 9.17) is 29.7 Å². The van der Waals surface area contributed by atoms with Gasteiger partial charge in [-0.15, -0.1) is 0 Å². The summed E-state index contributed by atoms with van der Waals surface area (Å²) >= 11 is 0. The molecule has 0 radical (unpaired) electrons. The zero-order chi connectivity index (χ0) is 115. The first-order valence-electron chi connectivity index (χ1n) is 59.3. The van der Waals surface area contributed by atoms with Crippen molar-refractivity contribution in [2.45, 2.75) is 0 Å². The lowest BCUT2D eigenvalue weighted by atomic mass is 9.84. The first-order valence-corrected chi connectivity index (χ1v) is 47.3. The summed E-state index contributed by atoms with van der Waals surface area (Å²) in [7, 11) is 0. The molecule has 31 rings (SSSR count). The molecule has 0 aliphatic heterocycles. The summed E-state index contributed by atoms with van der Waals surface area (Å²) in [5.74, 6) is 0. The molecule has 0 atom stereocenters. The van der Waals surface area contributed by atoms with Crippen molar-refractivity contribution >= 4 is 217 Å². The van der Waals surface area contributed by atoms with Gasteiger partial charge in [0.2, 0.25) is 0 Å². The van der Waals surface area contributed by atoms with Crippen LogP contribution in [0.25, 0.3) is 306 Å². The highest BCUT2D eigenvalue weighted by molar-refractivity contribution is 6.30. The van der Waals surface area contributed by atoms with Crippen LogP contribution in [-0.2, 0) is 0 Å². The second-order valence-corrected chi connectivity index (χ2v) is 36.3. The topological polar surface area (TPSA) is 39.4 Å². The van der Waals surface area contributed by atoms with Gasteiger partial charge in [-0.3, -0.25) is 0 Å². The van der Waals surface area contributed by atoms with Gasteiger partial charge in [0.15, 0.2) is 0 Å². The molecule has 143 heavy (non-hydrogen) atoms. The van der Waals surface area contributed by atoms with Gasteiger partial charge in [-0.2, -0.15) is 0 Å². The lowest BCUT2D eigenvalue weighted by Gasteiger charge is -2.19. The predicted molar refractivity (Wildman–Crippen MR) is 610 cm³/mol. The van der Waals surface area contributed by atoms with Crippen LogP contribution in [0, 0.1) is 0 Å². The van der Waals surface area contributed by atoms with Crippen molar-refractivity contribution in [1.82, 2.24) is 0 Å². The van der Waals surface area contributed by atoms with Crippen LogP contribution < -0.4 is 0 Å². The van der Waals surface area contributed by atoms with Gasteiger partial charge < -0.3 is 13.3 Å². The summed E-state index contributed by atoms with van der Waals surface area (Å²) in [5.41, 5.74) is 12.9. The molecule has 0 saturated carbocycles. The molecule has 0 spiro atoms. The van der Waals surface area contributed by atoms with E-state index in [1.807, 2.05) is 285 Å². The standard InChI is InChI=1S/C50H30O.C46H28O.C44H26O/c1-3-16-37-31(11-1)23-24-33-13-10-22-38(47(33)37)34-14-9-15-35(29-34)48-40-18-5-7-20-42(40)49(43-21-8-6-19-41(43)48)36-26-28-46-45(30-36)44-27-25-32-12-2-4-17-39(32)50(44)51-46;1-2-11-33-27-34(22-19-29(33)9-1)30-17-20-32(21-18-30)44-37-13-5-7-15-39(37)45(40-16-8-6-14-38(40)44)35-24-26-43-42(28-35)41-25-23-31-10-3-4-12-36(31)46(41)47-43;1-3-13-31-27(10-1)20-21-29-12-9-19-38(41(29)31)43-35-17-7-5-15-33(35)42(34-16-6-8-18-36(34)43)30-23-25-40-39(26-30)37-24-22-28-11-2-4-14-32(28)44(37)45-40/h1-30H;1-28H;1-26H/i5D,6D,7D,8D,18D,19D,20D,21D;5D,6D,7D,8D,13D,14D,15D,16D;5D,6D,7D,8D,15D,16D,17D,18D. The zero-order valence-electron chi connectivity index (χ0n) is 99.9. The summed E-state index contributed by atoms with van der Waals surface area (Å²) in [6.45, 7) is 0. The second kappa shape index (κ2) is 33.0. The Bertz CT molecular complexity index is 12100. The lowest BCUT2D eigenvalue weighted by Crippen LogP contribution is -1.92. The third-order valence-corrected chi connectivity index (χ3v) is 28.6. The van der Waals surface area contributed by atoms with Crippen molar-refractivity contribution in [1.29, 1.82) is 0 Å². The van der Waals surface area contributed by atoms with Gasteiger partial charge in [0.1, 0.15) is 33.5 Å². The van der Waals surface area contributed by atoms with Crippen LogP contribution in [0.5, 0.6) is 0 Å². The van der Waals surface area contributed by atoms with E-state index < -0.39 is 72.5 Å². The molecule has 0 fully saturated rings. The van der Waals surface area contributed by atoms with Gasteiger partial charge in [0, 0.05) is 48.5 Å². The van der Waals surface area contributed by atoms with E-state index >= 15 is 0 Å². The van der Waals surface area contributed by atoms with E-state index in [1.54, 1.807) is 18.2 Å². The minimum atomic E-state index is -0.437. The highest BCUT2D eigenvalue weighted by atomic mass is 16.3. The summed E-state index contributed by atoms with van der Waals surface area (Å²) in [6.07, 6.45) is 0. The Morgan fingerprint density at radius 1 is 0.133 bits per heavy atom. The maximum atomic E-state index is 9.48. The van der Waals surface area contributed by atoms with Crippen molar-refractivity contribution in [3.63, 3.8) is 0 Å². The molecule has 0 amide bonds. The summed E-state index contributed by atoms with van der Waals surface area (Å²) in [4.78, 5) is 0. The van der Waals surface area contributed by atoms with Gasteiger partial charge in [-0.25, -0.2) is 0 Å². The van der Waals surface area contributed by atoms with E-state index in [9.17, 15) is 16.4 Å². The average Bonchev–Trinajstić information content (AvgIpc) is 0.977. The summed E-state index contributed by atoms with van der Waals surface area (Å²) < 4.78 is 238. The molecule has 3 heterocycles. The first kappa shape index (κ1) is 60.7. The number of rotatable bonds is 8. The molecule has 3 aromatic heterocycles. The van der Waals surface area contributed by atoms with Crippen molar-refractivity contribution in [3.05, 3.63) is 509 Å². The van der Waals surface area contributed by atoms with Crippen LogP contribution in [0.3, 0.4) is 0 Å². The molecule has 0 unspecified atom stereocenters. The number of furan rings is 3. The molecular formula is C140H84O3. The largest absolute Gasteiger partial charge is 0.455 e. The van der Waals surface area contributed by atoms with E-state index in [0.717, 1.165) is 141 Å². The number of benzene rings is 28. The Morgan fingerprint density at radius 3 is 0.783 bits per heavy atom. The maximum absolute atomic E-state index is 9.48. The third-order valence-electron chi connectivity index (χ3n) is 28.6.